The third kappa shape index (κ3) is 13.3. The lowest BCUT2D eigenvalue weighted by Crippen LogP contribution is -2.00. The van der Waals surface area contributed by atoms with Crippen molar-refractivity contribution < 1.29 is 13.3 Å². The summed E-state index contributed by atoms with van der Waals surface area (Å²) >= 11 is 0. The van der Waals surface area contributed by atoms with E-state index in [2.05, 4.69) is 315 Å². The smallest absolute Gasteiger partial charge is 0.197 e. The van der Waals surface area contributed by atoms with Crippen LogP contribution < -0.4 is 0 Å². The Labute approximate surface area is 776 Å². The predicted octanol–water partition coefficient (Wildman–Crippen LogP) is 32.5. The molecule has 0 unspecified atom stereocenters. The predicted molar refractivity (Wildman–Crippen MR) is 547 cm³/mol. The van der Waals surface area contributed by atoms with E-state index in [9.17, 15) is 0 Å². The summed E-state index contributed by atoms with van der Waals surface area (Å²) in [6.07, 6.45) is 0. The van der Waals surface area contributed by atoms with Gasteiger partial charge in [0.1, 0.15) is 28.3 Å². The van der Waals surface area contributed by atoms with Gasteiger partial charge in [-0.25, -0.2) is 39.9 Å². The van der Waals surface area contributed by atoms with E-state index >= 15 is 0 Å². The van der Waals surface area contributed by atoms with Crippen molar-refractivity contribution in [2.75, 3.05) is 0 Å². The first-order chi connectivity index (χ1) is 67.0. The molecule has 0 fully saturated rings. The second kappa shape index (κ2) is 32.4. The summed E-state index contributed by atoms with van der Waals surface area (Å²) in [4.78, 5) is 40.2. The Bertz CT molecular complexity index is 9000. The van der Waals surface area contributed by atoms with E-state index in [4.69, 9.17) is 53.1 Å². The number of fused-ring (bicyclic) bond motifs is 18. The molecule has 11 nitrogen and oxygen atoms in total. The maximum Gasteiger partial charge on any atom is 0.197 e. The van der Waals surface area contributed by atoms with Crippen molar-refractivity contribution in [3.8, 4) is 214 Å². The minimum atomic E-state index is 0.593. The first kappa shape index (κ1) is 77.8. The molecule has 0 saturated carbocycles. The van der Waals surface area contributed by atoms with Gasteiger partial charge >= 0.3 is 0 Å². The molecule has 19 aromatic carbocycles. The molecule has 6 aromatic heterocycles. The molecule has 11 heteroatoms. The molecule has 0 bridgehead atoms. The number of hydrogen-bond acceptors (Lipinski definition) is 11. The lowest BCUT2D eigenvalue weighted by Gasteiger charge is -2.14. The number of benzene rings is 19. The molecule has 0 spiro atoms. The second-order valence-corrected chi connectivity index (χ2v) is 34.1. The molecule has 0 N–H and O–H groups in total. The number of nitrogens with zero attached hydrogens (tertiary/aromatic N) is 8. The fourth-order valence-electron chi connectivity index (χ4n) is 20.2. The Kier molecular flexibility index (Phi) is 18.7. The number of furan rings is 3. The normalized spacial score (nSPS) is 11.7. The van der Waals surface area contributed by atoms with Crippen LogP contribution in [0, 0.1) is 0 Å². The summed E-state index contributed by atoms with van der Waals surface area (Å²) < 4.78 is 20.2. The fraction of sp³-hybridized carbons (Fsp3) is 0. The molecule has 0 radical (unpaired) electrons. The van der Waals surface area contributed by atoms with Crippen molar-refractivity contribution in [1.82, 2.24) is 39.9 Å². The van der Waals surface area contributed by atoms with Crippen molar-refractivity contribution in [1.29, 1.82) is 0 Å². The highest BCUT2D eigenvalue weighted by molar-refractivity contribution is 6.20. The van der Waals surface area contributed by atoms with Crippen LogP contribution in [0.2, 0.25) is 0 Å². The number of hydrogen-bond donors (Lipinski definition) is 0. The maximum atomic E-state index is 6.89. The zero-order valence-electron chi connectivity index (χ0n) is 72.5. The highest BCUT2D eigenvalue weighted by atomic mass is 16.3. The molecule has 3 aliphatic carbocycles. The summed E-state index contributed by atoms with van der Waals surface area (Å²) in [5, 5.41) is 8.84. The summed E-state index contributed by atoms with van der Waals surface area (Å²) in [5.41, 5.74) is 34.3. The largest absolute Gasteiger partial charge is 0.455 e. The van der Waals surface area contributed by atoms with Crippen LogP contribution in [-0.4, -0.2) is 39.9 Å². The molecule has 25 aromatic rings. The molecule has 0 aliphatic heterocycles. The van der Waals surface area contributed by atoms with E-state index in [0.717, 1.165) is 150 Å². The average Bonchev–Trinajstić information content (AvgIpc) is 1.57. The van der Waals surface area contributed by atoms with E-state index < -0.39 is 0 Å². The van der Waals surface area contributed by atoms with Gasteiger partial charge in [-0.15, -0.1) is 0 Å². The van der Waals surface area contributed by atoms with Gasteiger partial charge in [0.15, 0.2) is 46.5 Å². The van der Waals surface area contributed by atoms with Gasteiger partial charge in [0.05, 0.1) is 11.2 Å². The summed E-state index contributed by atoms with van der Waals surface area (Å²) in [5.74, 6) is 6.80. The minimum absolute atomic E-state index is 0.593. The zero-order valence-corrected chi connectivity index (χ0v) is 72.5. The van der Waals surface area contributed by atoms with Crippen LogP contribution in [0.15, 0.2) is 462 Å². The van der Waals surface area contributed by atoms with Gasteiger partial charge < -0.3 is 13.3 Å². The quantitative estimate of drug-likeness (QED) is 0.129. The lowest BCUT2D eigenvalue weighted by molar-refractivity contribution is 0.627. The van der Waals surface area contributed by atoms with Gasteiger partial charge in [-0.05, 0) is 147 Å². The third-order valence-corrected chi connectivity index (χ3v) is 26.3. The molecular weight excluding hydrogens is 1650 g/mol. The second-order valence-electron chi connectivity index (χ2n) is 34.1. The number of para-hydroxylation sites is 1. The highest BCUT2D eigenvalue weighted by Crippen LogP contribution is 2.57. The standard InChI is InChI=1S/2C45H27N3O.C34H20N2O/c1-3-14-28(15-4-1)43-46-44(29-16-5-2-6-17-29)48-45(47-43)38-27-26-37(33-21-9-10-22-34(33)38)42-41-36-23-12-11-20-32(36)30-18-7-8-19-31(30)35-24-13-25-39(49-42)40(35)41;1-2-12-30(13-3-1)43-46-44(48-45(47-43)33-26-21-28-11-4-5-14-32(28)27-33)31-24-22-29(23-25-31)42-41-38-18-9-8-17-36(38)34-15-6-7-16-35(34)37-19-10-20-39(49-42)40(37)41;1-2-11-21(12-3-1)32-27-17-8-9-19-28(27)35-34(36-32)33-31-26-16-7-6-15-24(26)22-13-4-5-14-23(22)25-18-10-20-29(37-33)30(25)31/h2*1-27H;1-20H. The van der Waals surface area contributed by atoms with Crippen LogP contribution in [0.25, 0.3) is 279 Å². The van der Waals surface area contributed by atoms with Crippen LogP contribution in [0.4, 0.5) is 0 Å². The van der Waals surface area contributed by atoms with Crippen molar-refractivity contribution in [2.45, 2.75) is 0 Å². The summed E-state index contributed by atoms with van der Waals surface area (Å²) in [6.45, 7) is 0. The molecule has 0 saturated heterocycles. The minimum Gasteiger partial charge on any atom is -0.455 e. The van der Waals surface area contributed by atoms with E-state index in [1.807, 2.05) is 133 Å². The van der Waals surface area contributed by atoms with Gasteiger partial charge in [-0.1, -0.05) is 406 Å². The highest BCUT2D eigenvalue weighted by Gasteiger charge is 2.34. The van der Waals surface area contributed by atoms with Crippen LogP contribution in [0.1, 0.15) is 0 Å². The first-order valence-electron chi connectivity index (χ1n) is 45.3. The zero-order chi connectivity index (χ0) is 89.0. The van der Waals surface area contributed by atoms with Gasteiger partial charge in [0.2, 0.25) is 0 Å². The van der Waals surface area contributed by atoms with Crippen molar-refractivity contribution in [3.05, 3.63) is 449 Å². The van der Waals surface area contributed by atoms with Crippen LogP contribution >= 0.6 is 0 Å². The molecule has 0 atom stereocenters. The third-order valence-electron chi connectivity index (χ3n) is 26.3. The summed E-state index contributed by atoms with van der Waals surface area (Å²) in [6, 6.07) is 156. The lowest BCUT2D eigenvalue weighted by atomic mass is 9.91. The van der Waals surface area contributed by atoms with Gasteiger partial charge in [-0.2, -0.15) is 0 Å². The summed E-state index contributed by atoms with van der Waals surface area (Å²) in [7, 11) is 0. The Morgan fingerprint density at radius 3 is 0.919 bits per heavy atom. The van der Waals surface area contributed by atoms with E-state index in [1.54, 1.807) is 0 Å². The van der Waals surface area contributed by atoms with E-state index in [0.29, 0.717) is 46.5 Å². The molecule has 0 amide bonds. The van der Waals surface area contributed by atoms with Crippen molar-refractivity contribution >= 4 is 65.4 Å². The van der Waals surface area contributed by atoms with Crippen molar-refractivity contribution in [3.63, 3.8) is 0 Å². The SMILES string of the molecule is c1ccc(-c2nc(-c3ccc(-c4oc5cccc6c5c4-c4ccccc4-c4ccccc4-6)cc3)nc(-c3ccc4ccccc4c3)n2)cc1.c1ccc(-c2nc(-c3ccccc3)nc(-c3ccc(-c4oc5cccc6c5c4-c4ccccc4-c4ccccc4-6)c4ccccc34)n2)cc1.c1ccc(-c2nc(-c3oc4cccc5c4c3-c3ccccc3-c3ccccc3-5)nc3ccccc23)cc1. The Morgan fingerprint density at radius 1 is 0.148 bits per heavy atom. The van der Waals surface area contributed by atoms with Gasteiger partial charge in [0.25, 0.3) is 0 Å². The van der Waals surface area contributed by atoms with Crippen LogP contribution in [0.5, 0.6) is 0 Å². The molecule has 135 heavy (non-hydrogen) atoms. The Balaban J connectivity index is 0.000000107. The fourth-order valence-corrected chi connectivity index (χ4v) is 20.2. The van der Waals surface area contributed by atoms with E-state index in [1.165, 1.54) is 83.3 Å². The van der Waals surface area contributed by atoms with Gasteiger partial charge in [-0.3, -0.25) is 0 Å². The maximum absolute atomic E-state index is 6.89. The van der Waals surface area contributed by atoms with Crippen molar-refractivity contribution in [2.24, 2.45) is 0 Å². The Morgan fingerprint density at radius 2 is 0.452 bits per heavy atom. The average molecular weight is 1720 g/mol. The number of aromatic nitrogens is 8. The molecule has 28 rings (SSSR count). The van der Waals surface area contributed by atoms with Crippen LogP contribution in [0.3, 0.4) is 0 Å². The molecule has 6 heterocycles. The molecular formula is C124H74N8O3. The van der Waals surface area contributed by atoms with Crippen LogP contribution in [-0.2, 0) is 0 Å². The van der Waals surface area contributed by atoms with Gasteiger partial charge in [0, 0.05) is 88.3 Å². The van der Waals surface area contributed by atoms with E-state index in [-0.39, 0.29) is 0 Å². The molecule has 628 valence electrons. The Hall–Kier alpha value is -18.3. The first-order valence-corrected chi connectivity index (χ1v) is 45.3. The topological polar surface area (TPSA) is 143 Å². The monoisotopic (exact) mass is 1720 g/mol. The molecule has 3 aliphatic rings. The number of rotatable bonds is 10.